The fourth-order valence-electron chi connectivity index (χ4n) is 3.08. The van der Waals surface area contributed by atoms with Gasteiger partial charge in [-0.3, -0.25) is 9.98 Å². The summed E-state index contributed by atoms with van der Waals surface area (Å²) in [6, 6.07) is 19.9. The van der Waals surface area contributed by atoms with Gasteiger partial charge in [0.1, 0.15) is 11.5 Å². The molecule has 152 valence electrons. The second kappa shape index (κ2) is 10.4. The van der Waals surface area contributed by atoms with E-state index in [2.05, 4.69) is 41.9 Å². The molecule has 1 aliphatic carbocycles. The molecule has 0 spiro atoms. The lowest BCUT2D eigenvalue weighted by Gasteiger charge is -2.07. The highest BCUT2D eigenvalue weighted by atomic mass is 16.3. The van der Waals surface area contributed by atoms with Crippen LogP contribution in [0.5, 0.6) is 0 Å². The summed E-state index contributed by atoms with van der Waals surface area (Å²) in [5.74, 6) is 2.28. The van der Waals surface area contributed by atoms with Crippen LogP contribution in [0.2, 0.25) is 0 Å². The quantitative estimate of drug-likeness (QED) is 0.400. The van der Waals surface area contributed by atoms with E-state index in [1.807, 2.05) is 80.7 Å². The van der Waals surface area contributed by atoms with Crippen LogP contribution in [0.15, 0.2) is 98.9 Å². The summed E-state index contributed by atoms with van der Waals surface area (Å²) in [5, 5.41) is 0. The molecule has 0 N–H and O–H groups in total. The van der Waals surface area contributed by atoms with E-state index >= 15 is 0 Å². The summed E-state index contributed by atoms with van der Waals surface area (Å²) in [7, 11) is 0. The van der Waals surface area contributed by atoms with Crippen LogP contribution in [0.3, 0.4) is 0 Å². The second-order valence-corrected chi connectivity index (χ2v) is 6.95. The normalized spacial score (nSPS) is 15.4. The molecule has 0 aliphatic heterocycles. The third-order valence-electron chi connectivity index (χ3n) is 4.80. The Hall–Kier alpha value is -3.46. The van der Waals surface area contributed by atoms with Gasteiger partial charge in [0.2, 0.25) is 0 Å². The molecule has 1 unspecified atom stereocenters. The summed E-state index contributed by atoms with van der Waals surface area (Å²) in [4.78, 5) is 8.48. The van der Waals surface area contributed by atoms with Gasteiger partial charge in [-0.1, -0.05) is 39.0 Å². The minimum absolute atomic E-state index is 0.617. The molecule has 0 saturated heterocycles. The van der Waals surface area contributed by atoms with Crippen LogP contribution < -0.4 is 0 Å². The van der Waals surface area contributed by atoms with Crippen LogP contribution in [-0.4, -0.2) is 12.9 Å². The maximum atomic E-state index is 6.03. The average Bonchev–Trinajstić information content (AvgIpc) is 3.31. The van der Waals surface area contributed by atoms with E-state index in [9.17, 15) is 0 Å². The monoisotopic (exact) mass is 396 g/mol. The van der Waals surface area contributed by atoms with E-state index in [1.54, 1.807) is 0 Å². The third-order valence-corrected chi connectivity index (χ3v) is 4.80. The lowest BCUT2D eigenvalue weighted by molar-refractivity contribution is 0.597. The molecule has 3 heteroatoms. The number of rotatable bonds is 5. The Bertz CT molecular complexity index is 1050. The van der Waals surface area contributed by atoms with Gasteiger partial charge in [0, 0.05) is 17.3 Å². The van der Waals surface area contributed by atoms with Gasteiger partial charge < -0.3 is 4.42 Å². The first-order valence-electron chi connectivity index (χ1n) is 10.4. The van der Waals surface area contributed by atoms with Crippen molar-refractivity contribution >= 4 is 24.3 Å². The molecule has 0 saturated carbocycles. The van der Waals surface area contributed by atoms with Crippen molar-refractivity contribution < 1.29 is 4.42 Å². The van der Waals surface area contributed by atoms with Crippen molar-refractivity contribution in [3.63, 3.8) is 0 Å². The molecule has 1 aromatic heterocycles. The Morgan fingerprint density at radius 1 is 0.867 bits per heavy atom. The SMILES string of the molecule is C=Nc1ccc(-c2ccc(-c3ccc(N=CC4=CCC(C)C=C4)cc3)o2)cc1.CC. The van der Waals surface area contributed by atoms with Crippen LogP contribution in [-0.2, 0) is 0 Å². The van der Waals surface area contributed by atoms with Crippen LogP contribution in [0.1, 0.15) is 27.2 Å². The van der Waals surface area contributed by atoms with E-state index in [0.29, 0.717) is 5.92 Å². The molecule has 3 aromatic rings. The highest BCUT2D eigenvalue weighted by Gasteiger charge is 2.07. The average molecular weight is 397 g/mol. The number of allylic oxidation sites excluding steroid dienone is 4. The van der Waals surface area contributed by atoms with Crippen LogP contribution in [0, 0.1) is 5.92 Å². The number of benzene rings is 2. The number of hydrogen-bond donors (Lipinski definition) is 0. The smallest absolute Gasteiger partial charge is 0.134 e. The third kappa shape index (κ3) is 5.32. The Morgan fingerprint density at radius 2 is 1.43 bits per heavy atom. The number of aliphatic imine (C=N–C) groups is 2. The van der Waals surface area contributed by atoms with Gasteiger partial charge >= 0.3 is 0 Å². The largest absolute Gasteiger partial charge is 0.456 e. The molecule has 0 bridgehead atoms. The molecule has 2 aromatic carbocycles. The minimum Gasteiger partial charge on any atom is -0.456 e. The molecule has 0 fully saturated rings. The van der Waals surface area contributed by atoms with Crippen molar-refractivity contribution in [1.82, 2.24) is 0 Å². The molecule has 1 aliphatic rings. The van der Waals surface area contributed by atoms with Crippen molar-refractivity contribution in [2.24, 2.45) is 15.9 Å². The summed E-state index contributed by atoms with van der Waals surface area (Å²) in [6.45, 7) is 9.75. The van der Waals surface area contributed by atoms with E-state index in [4.69, 9.17) is 4.42 Å². The number of hydrogen-bond acceptors (Lipinski definition) is 3. The van der Waals surface area contributed by atoms with Gasteiger partial charge in [0.25, 0.3) is 0 Å². The molecular formula is C27H28N2O. The Morgan fingerprint density at radius 3 is 1.93 bits per heavy atom. The lowest BCUT2D eigenvalue weighted by atomic mass is 9.99. The lowest BCUT2D eigenvalue weighted by Crippen LogP contribution is -1.94. The van der Waals surface area contributed by atoms with Crippen molar-refractivity contribution in [3.8, 4) is 22.6 Å². The molecule has 1 heterocycles. The zero-order valence-corrected chi connectivity index (χ0v) is 17.9. The summed E-state index contributed by atoms with van der Waals surface area (Å²) < 4.78 is 6.03. The number of nitrogens with zero attached hydrogens (tertiary/aromatic N) is 2. The van der Waals surface area contributed by atoms with Gasteiger partial charge in [-0.2, -0.15) is 0 Å². The van der Waals surface area contributed by atoms with Gasteiger partial charge in [0.15, 0.2) is 0 Å². The maximum absolute atomic E-state index is 6.03. The highest BCUT2D eigenvalue weighted by Crippen LogP contribution is 2.30. The van der Waals surface area contributed by atoms with E-state index < -0.39 is 0 Å². The van der Waals surface area contributed by atoms with Crippen molar-refractivity contribution in [1.29, 1.82) is 0 Å². The molecule has 4 rings (SSSR count). The van der Waals surface area contributed by atoms with E-state index in [0.717, 1.165) is 46.0 Å². The fraction of sp³-hybridized carbons (Fsp3) is 0.185. The minimum atomic E-state index is 0.617. The standard InChI is InChI=1S/C25H22N2O.C2H6/c1-18-3-5-19(6-4-18)17-27-23-13-9-21(10-14-23)25-16-15-24(28-25)20-7-11-22(26-2)12-8-20;1-2/h3,5-18H,2,4H2,1H3;1-2H3. The van der Waals surface area contributed by atoms with Gasteiger partial charge in [-0.25, -0.2) is 0 Å². The molecule has 0 amide bonds. The van der Waals surface area contributed by atoms with E-state index in [1.165, 1.54) is 0 Å². The van der Waals surface area contributed by atoms with E-state index in [-0.39, 0.29) is 0 Å². The van der Waals surface area contributed by atoms with Gasteiger partial charge in [-0.05, 0) is 85.3 Å². The maximum Gasteiger partial charge on any atom is 0.134 e. The van der Waals surface area contributed by atoms with Gasteiger partial charge in [-0.15, -0.1) is 0 Å². The molecular weight excluding hydrogens is 368 g/mol. The second-order valence-electron chi connectivity index (χ2n) is 6.95. The summed E-state index contributed by atoms with van der Waals surface area (Å²) >= 11 is 0. The Balaban J connectivity index is 0.00000124. The van der Waals surface area contributed by atoms with Crippen molar-refractivity contribution in [2.45, 2.75) is 27.2 Å². The topological polar surface area (TPSA) is 37.9 Å². The fourth-order valence-corrected chi connectivity index (χ4v) is 3.08. The molecule has 0 radical (unpaired) electrons. The molecule has 1 atom stereocenters. The molecule has 30 heavy (non-hydrogen) atoms. The predicted octanol–water partition coefficient (Wildman–Crippen LogP) is 8.20. The van der Waals surface area contributed by atoms with Crippen LogP contribution in [0.25, 0.3) is 22.6 Å². The summed E-state index contributed by atoms with van der Waals surface area (Å²) in [6.07, 6.45) is 9.58. The zero-order chi connectivity index (χ0) is 21.3. The predicted molar refractivity (Wildman–Crippen MR) is 129 cm³/mol. The zero-order valence-electron chi connectivity index (χ0n) is 17.9. The first-order chi connectivity index (χ1) is 14.7. The van der Waals surface area contributed by atoms with Crippen LogP contribution >= 0.6 is 0 Å². The summed E-state index contributed by atoms with van der Waals surface area (Å²) in [5.41, 5.74) is 4.98. The first-order valence-corrected chi connectivity index (χ1v) is 10.4. The Kier molecular flexibility index (Phi) is 7.34. The molecule has 3 nitrogen and oxygen atoms in total. The van der Waals surface area contributed by atoms with Crippen molar-refractivity contribution in [2.75, 3.05) is 0 Å². The number of furan rings is 1. The first kappa shape index (κ1) is 21.3. The highest BCUT2D eigenvalue weighted by molar-refractivity contribution is 5.84. The van der Waals surface area contributed by atoms with Gasteiger partial charge in [0.05, 0.1) is 11.4 Å². The van der Waals surface area contributed by atoms with Crippen molar-refractivity contribution in [3.05, 3.63) is 84.5 Å². The van der Waals surface area contributed by atoms with Crippen LogP contribution in [0.4, 0.5) is 11.4 Å². The Labute approximate surface area is 179 Å².